The van der Waals surface area contributed by atoms with Crippen molar-refractivity contribution < 1.29 is 22.1 Å². The van der Waals surface area contributed by atoms with Crippen LogP contribution in [0, 0.1) is 12.8 Å². The first-order valence-electron chi connectivity index (χ1n) is 7.88. The third-order valence-electron chi connectivity index (χ3n) is 4.02. The van der Waals surface area contributed by atoms with E-state index in [1.807, 2.05) is 13.8 Å². The second-order valence-electron chi connectivity index (χ2n) is 5.95. The third-order valence-corrected chi connectivity index (χ3v) is 5.37. The van der Waals surface area contributed by atoms with Gasteiger partial charge in [0.05, 0.1) is 17.6 Å². The maximum absolute atomic E-state index is 12.5. The molecule has 0 spiro atoms. The first kappa shape index (κ1) is 18.6. The number of rotatable bonds is 5. The average Bonchev–Trinajstić information content (AvgIpc) is 2.52. The highest BCUT2D eigenvalue weighted by atomic mass is 32.2. The number of hydrogen-bond acceptors (Lipinski definition) is 6. The molecule has 3 atom stereocenters. The van der Waals surface area contributed by atoms with Crippen LogP contribution in [0.15, 0.2) is 40.8 Å². The SMILES string of the molecule is CCOC(=O)C1=C[C@@H](C)[C@H](N)[C@H](OS(=O)(=O)c2ccc(C)cc2)C1. The summed E-state index contributed by atoms with van der Waals surface area (Å²) in [4.78, 5) is 12.0. The van der Waals surface area contributed by atoms with Gasteiger partial charge in [-0.3, -0.25) is 4.18 Å². The molecule has 7 heteroatoms. The largest absolute Gasteiger partial charge is 0.463 e. The minimum absolute atomic E-state index is 0.0696. The Balaban J connectivity index is 2.20. The molecule has 1 aromatic rings. The molecule has 1 aliphatic carbocycles. The molecule has 0 heterocycles. The van der Waals surface area contributed by atoms with E-state index in [0.29, 0.717) is 5.57 Å². The Morgan fingerprint density at radius 3 is 2.50 bits per heavy atom. The lowest BCUT2D eigenvalue weighted by molar-refractivity contribution is -0.139. The first-order valence-corrected chi connectivity index (χ1v) is 9.28. The number of benzene rings is 1. The van der Waals surface area contributed by atoms with E-state index in [9.17, 15) is 13.2 Å². The minimum Gasteiger partial charge on any atom is -0.463 e. The fourth-order valence-electron chi connectivity index (χ4n) is 2.58. The molecular formula is C17H23NO5S. The van der Waals surface area contributed by atoms with Gasteiger partial charge >= 0.3 is 5.97 Å². The molecule has 132 valence electrons. The summed E-state index contributed by atoms with van der Waals surface area (Å²) < 4.78 is 35.2. The normalized spacial score (nSPS) is 24.3. The number of hydrogen-bond donors (Lipinski definition) is 1. The fourth-order valence-corrected chi connectivity index (χ4v) is 3.69. The number of carbonyl (C=O) groups excluding carboxylic acids is 1. The average molecular weight is 353 g/mol. The van der Waals surface area contributed by atoms with Gasteiger partial charge in [0.2, 0.25) is 0 Å². The summed E-state index contributed by atoms with van der Waals surface area (Å²) in [7, 11) is -3.95. The highest BCUT2D eigenvalue weighted by molar-refractivity contribution is 7.86. The van der Waals surface area contributed by atoms with Crippen LogP contribution in [0.3, 0.4) is 0 Å². The topological polar surface area (TPSA) is 95.7 Å². The van der Waals surface area contributed by atoms with Gasteiger partial charge in [0.1, 0.15) is 0 Å². The lowest BCUT2D eigenvalue weighted by Crippen LogP contribution is -2.45. The second kappa shape index (κ2) is 7.46. The second-order valence-corrected chi connectivity index (χ2v) is 7.53. The Bertz CT molecular complexity index is 724. The lowest BCUT2D eigenvalue weighted by Gasteiger charge is -2.31. The number of aryl methyl sites for hydroxylation is 1. The van der Waals surface area contributed by atoms with Crippen LogP contribution < -0.4 is 5.73 Å². The van der Waals surface area contributed by atoms with Crippen LogP contribution in [0.25, 0.3) is 0 Å². The molecule has 0 bridgehead atoms. The van der Waals surface area contributed by atoms with Crippen molar-refractivity contribution >= 4 is 16.1 Å². The maximum Gasteiger partial charge on any atom is 0.333 e. The molecule has 24 heavy (non-hydrogen) atoms. The molecule has 2 rings (SSSR count). The zero-order valence-electron chi connectivity index (χ0n) is 14.1. The zero-order chi connectivity index (χ0) is 17.9. The minimum atomic E-state index is -3.95. The van der Waals surface area contributed by atoms with Crippen LogP contribution in [0.4, 0.5) is 0 Å². The summed E-state index contributed by atoms with van der Waals surface area (Å²) in [5.41, 5.74) is 7.43. The molecule has 0 saturated heterocycles. The highest BCUT2D eigenvalue weighted by Gasteiger charge is 2.35. The molecule has 1 aliphatic rings. The van der Waals surface area contributed by atoms with Crippen LogP contribution in [-0.4, -0.2) is 33.1 Å². The van der Waals surface area contributed by atoms with Crippen LogP contribution in [-0.2, 0) is 23.8 Å². The number of carbonyl (C=O) groups is 1. The van der Waals surface area contributed by atoms with Gasteiger partial charge < -0.3 is 10.5 Å². The van der Waals surface area contributed by atoms with E-state index in [1.165, 1.54) is 12.1 Å². The molecule has 0 aliphatic heterocycles. The van der Waals surface area contributed by atoms with Crippen LogP contribution in [0.1, 0.15) is 25.8 Å². The Labute approximate surface area is 142 Å². The standard InChI is InChI=1S/C17H23NO5S/c1-4-22-17(19)13-9-12(3)16(18)15(10-13)23-24(20,21)14-7-5-11(2)6-8-14/h5-9,12,15-16H,4,10,18H2,1-3H3/t12-,15-,16+/m1/s1. The first-order chi connectivity index (χ1) is 11.2. The molecule has 0 unspecified atom stereocenters. The van der Waals surface area contributed by atoms with E-state index in [2.05, 4.69) is 0 Å². The lowest BCUT2D eigenvalue weighted by atomic mass is 9.85. The Kier molecular flexibility index (Phi) is 5.79. The van der Waals surface area contributed by atoms with Crippen molar-refractivity contribution in [2.75, 3.05) is 6.61 Å². The quantitative estimate of drug-likeness (QED) is 0.642. The van der Waals surface area contributed by atoms with Crippen LogP contribution in [0.5, 0.6) is 0 Å². The Morgan fingerprint density at radius 1 is 1.29 bits per heavy atom. The third kappa shape index (κ3) is 4.23. The van der Waals surface area contributed by atoms with Crippen molar-refractivity contribution in [2.24, 2.45) is 11.7 Å². The molecule has 0 fully saturated rings. The van der Waals surface area contributed by atoms with Gasteiger partial charge in [0, 0.05) is 18.0 Å². The van der Waals surface area contributed by atoms with E-state index in [4.69, 9.17) is 14.7 Å². The van der Waals surface area contributed by atoms with Gasteiger partial charge in [-0.25, -0.2) is 4.79 Å². The van der Waals surface area contributed by atoms with Gasteiger partial charge in [0.15, 0.2) is 0 Å². The summed E-state index contributed by atoms with van der Waals surface area (Å²) in [5.74, 6) is -0.658. The van der Waals surface area contributed by atoms with E-state index < -0.39 is 28.2 Å². The molecule has 0 radical (unpaired) electrons. The number of nitrogens with two attached hydrogens (primary N) is 1. The van der Waals surface area contributed by atoms with E-state index >= 15 is 0 Å². The van der Waals surface area contributed by atoms with Gasteiger partial charge in [0.25, 0.3) is 10.1 Å². The molecule has 0 aromatic heterocycles. The fraction of sp³-hybridized carbons (Fsp3) is 0.471. The van der Waals surface area contributed by atoms with E-state index in [0.717, 1.165) is 5.56 Å². The van der Waals surface area contributed by atoms with E-state index in [1.54, 1.807) is 25.1 Å². The molecule has 0 amide bonds. The number of ether oxygens (including phenoxy) is 1. The molecular weight excluding hydrogens is 330 g/mol. The van der Waals surface area contributed by atoms with Crippen molar-refractivity contribution in [1.29, 1.82) is 0 Å². The Hall–Kier alpha value is -1.70. The summed E-state index contributed by atoms with van der Waals surface area (Å²) in [6.07, 6.45) is 1.02. The highest BCUT2D eigenvalue weighted by Crippen LogP contribution is 2.28. The number of esters is 1. The van der Waals surface area contributed by atoms with Crippen LogP contribution >= 0.6 is 0 Å². The molecule has 0 saturated carbocycles. The zero-order valence-corrected chi connectivity index (χ0v) is 14.9. The van der Waals surface area contributed by atoms with Crippen molar-refractivity contribution in [2.45, 2.75) is 44.2 Å². The summed E-state index contributed by atoms with van der Waals surface area (Å²) >= 11 is 0. The van der Waals surface area contributed by atoms with Crippen molar-refractivity contribution in [3.05, 3.63) is 41.5 Å². The van der Waals surface area contributed by atoms with Gasteiger partial charge in [-0.15, -0.1) is 0 Å². The monoisotopic (exact) mass is 353 g/mol. The van der Waals surface area contributed by atoms with Gasteiger partial charge in [-0.2, -0.15) is 8.42 Å². The smallest absolute Gasteiger partial charge is 0.333 e. The predicted octanol–water partition coefficient (Wildman–Crippen LogP) is 1.93. The predicted molar refractivity (Wildman–Crippen MR) is 89.7 cm³/mol. The summed E-state index contributed by atoms with van der Waals surface area (Å²) in [5, 5.41) is 0. The molecule has 6 nitrogen and oxygen atoms in total. The van der Waals surface area contributed by atoms with Gasteiger partial charge in [-0.05, 0) is 31.9 Å². The molecule has 1 aromatic carbocycles. The van der Waals surface area contributed by atoms with Gasteiger partial charge in [-0.1, -0.05) is 30.7 Å². The van der Waals surface area contributed by atoms with Crippen molar-refractivity contribution in [3.8, 4) is 0 Å². The maximum atomic E-state index is 12.5. The van der Waals surface area contributed by atoms with Crippen LogP contribution in [0.2, 0.25) is 0 Å². The van der Waals surface area contributed by atoms with Crippen molar-refractivity contribution in [1.82, 2.24) is 0 Å². The van der Waals surface area contributed by atoms with E-state index in [-0.39, 0.29) is 23.8 Å². The van der Waals surface area contributed by atoms with Crippen molar-refractivity contribution in [3.63, 3.8) is 0 Å². The Morgan fingerprint density at radius 2 is 1.92 bits per heavy atom. The summed E-state index contributed by atoms with van der Waals surface area (Å²) in [6, 6.07) is 5.85. The summed E-state index contributed by atoms with van der Waals surface area (Å²) in [6.45, 7) is 5.65. The molecule has 2 N–H and O–H groups in total.